The van der Waals surface area contributed by atoms with Gasteiger partial charge in [0.05, 0.1) is 7.11 Å². The summed E-state index contributed by atoms with van der Waals surface area (Å²) in [6, 6.07) is 18.4. The third-order valence-electron chi connectivity index (χ3n) is 4.49. The van der Waals surface area contributed by atoms with E-state index in [1.54, 1.807) is 7.11 Å². The maximum absolute atomic E-state index is 7.32. The van der Waals surface area contributed by atoms with Gasteiger partial charge in [-0.15, -0.1) is 11.6 Å². The highest BCUT2D eigenvalue weighted by molar-refractivity contribution is 6.28. The Hall–Kier alpha value is -1.99. The molecule has 1 aliphatic carbocycles. The van der Waals surface area contributed by atoms with Crippen LogP contribution < -0.4 is 4.74 Å². The quantitative estimate of drug-likeness (QED) is 0.655. The molecule has 2 atom stereocenters. The maximum Gasteiger partial charge on any atom is 0.118 e. The summed E-state index contributed by atoms with van der Waals surface area (Å²) < 4.78 is 5.29. The third-order valence-corrected chi connectivity index (χ3v) is 5.14. The van der Waals surface area contributed by atoms with Crippen molar-refractivity contribution in [2.24, 2.45) is 5.92 Å². The van der Waals surface area contributed by atoms with Crippen LogP contribution in [0.25, 0.3) is 0 Å². The normalized spacial score (nSPS) is 19.8. The molecule has 118 valence electrons. The molecule has 0 fully saturated rings. The van der Waals surface area contributed by atoms with Crippen LogP contribution >= 0.6 is 11.6 Å². The van der Waals surface area contributed by atoms with Gasteiger partial charge < -0.3 is 4.74 Å². The summed E-state index contributed by atoms with van der Waals surface area (Å²) in [5.41, 5.74) is 3.40. The Morgan fingerprint density at radius 2 is 1.65 bits per heavy atom. The molecule has 2 aromatic carbocycles. The van der Waals surface area contributed by atoms with Crippen LogP contribution in [0, 0.1) is 5.92 Å². The second-order valence-electron chi connectivity index (χ2n) is 5.94. The van der Waals surface area contributed by atoms with Gasteiger partial charge in [-0.25, -0.2) is 0 Å². The van der Waals surface area contributed by atoms with Crippen molar-refractivity contribution in [3.05, 3.63) is 89.5 Å². The van der Waals surface area contributed by atoms with Crippen molar-refractivity contribution in [3.8, 4) is 5.75 Å². The first kappa shape index (κ1) is 15.9. The van der Waals surface area contributed by atoms with Crippen molar-refractivity contribution in [3.63, 3.8) is 0 Å². The summed E-state index contributed by atoms with van der Waals surface area (Å²) in [6.45, 7) is 2.24. The maximum atomic E-state index is 7.32. The van der Waals surface area contributed by atoms with Gasteiger partial charge in [-0.2, -0.15) is 0 Å². The lowest BCUT2D eigenvalue weighted by molar-refractivity contribution is 0.414. The smallest absolute Gasteiger partial charge is 0.118 e. The van der Waals surface area contributed by atoms with Crippen molar-refractivity contribution in [1.29, 1.82) is 0 Å². The Bertz CT molecular complexity index is 715. The number of rotatable bonds is 4. The number of hydrogen-bond donors (Lipinski definition) is 0. The van der Waals surface area contributed by atoms with Crippen molar-refractivity contribution in [2.45, 2.75) is 18.2 Å². The zero-order valence-corrected chi connectivity index (χ0v) is 14.3. The Morgan fingerprint density at radius 1 is 1.00 bits per heavy atom. The minimum atomic E-state index is -0.655. The van der Waals surface area contributed by atoms with E-state index >= 15 is 0 Å². The van der Waals surface area contributed by atoms with Gasteiger partial charge in [-0.1, -0.05) is 67.6 Å². The molecule has 1 nitrogen and oxygen atoms in total. The highest BCUT2D eigenvalue weighted by Gasteiger charge is 2.38. The summed E-state index contributed by atoms with van der Waals surface area (Å²) in [4.78, 5) is -0.655. The molecule has 0 heterocycles. The van der Waals surface area contributed by atoms with Crippen LogP contribution in [0.2, 0.25) is 0 Å². The first-order chi connectivity index (χ1) is 11.2. The molecule has 0 radical (unpaired) electrons. The summed E-state index contributed by atoms with van der Waals surface area (Å²) >= 11 is 7.32. The number of hydrogen-bond acceptors (Lipinski definition) is 1. The molecule has 2 heteroatoms. The molecule has 0 saturated heterocycles. The van der Waals surface area contributed by atoms with Gasteiger partial charge in [0.1, 0.15) is 10.6 Å². The molecule has 23 heavy (non-hydrogen) atoms. The van der Waals surface area contributed by atoms with E-state index in [0.717, 1.165) is 23.3 Å². The number of allylic oxidation sites excluding steroid dienone is 4. The van der Waals surface area contributed by atoms with Gasteiger partial charge in [-0.3, -0.25) is 0 Å². The lowest BCUT2D eigenvalue weighted by atomic mass is 9.76. The number of alkyl halides is 1. The molecule has 0 N–H and O–H groups in total. The molecular weight excluding hydrogens is 304 g/mol. The minimum absolute atomic E-state index is 0.403. The molecule has 0 aromatic heterocycles. The molecule has 0 aliphatic heterocycles. The molecule has 2 unspecified atom stereocenters. The van der Waals surface area contributed by atoms with Crippen LogP contribution in [0.5, 0.6) is 5.75 Å². The number of methoxy groups -OCH3 is 1. The summed E-state index contributed by atoms with van der Waals surface area (Å²) in [7, 11) is 1.68. The largest absolute Gasteiger partial charge is 0.497 e. The molecule has 3 rings (SSSR count). The topological polar surface area (TPSA) is 9.23 Å². The minimum Gasteiger partial charge on any atom is -0.497 e. The van der Waals surface area contributed by atoms with E-state index in [0.29, 0.717) is 5.92 Å². The van der Waals surface area contributed by atoms with E-state index in [2.05, 4.69) is 49.4 Å². The van der Waals surface area contributed by atoms with Gasteiger partial charge in [-0.05, 0) is 41.2 Å². The van der Waals surface area contributed by atoms with Crippen molar-refractivity contribution >= 4 is 11.6 Å². The van der Waals surface area contributed by atoms with Crippen LogP contribution in [0.4, 0.5) is 0 Å². The predicted molar refractivity (Wildman–Crippen MR) is 97.1 cm³/mol. The Labute approximate surface area is 143 Å². The molecule has 0 saturated carbocycles. The zero-order valence-electron chi connectivity index (χ0n) is 13.5. The number of halogens is 1. The van der Waals surface area contributed by atoms with Crippen LogP contribution in [0.1, 0.15) is 24.5 Å². The lowest BCUT2D eigenvalue weighted by Gasteiger charge is -2.35. The third kappa shape index (κ3) is 2.94. The Balaban J connectivity index is 2.17. The summed E-state index contributed by atoms with van der Waals surface area (Å²) in [5.74, 6) is 1.24. The molecule has 0 amide bonds. The molecule has 2 aromatic rings. The van der Waals surface area contributed by atoms with Crippen LogP contribution in [0.3, 0.4) is 0 Å². The average Bonchev–Trinajstić information content (AvgIpc) is 2.62. The Kier molecular flexibility index (Phi) is 4.58. The van der Waals surface area contributed by atoms with Crippen LogP contribution in [-0.4, -0.2) is 7.11 Å². The fourth-order valence-electron chi connectivity index (χ4n) is 3.19. The van der Waals surface area contributed by atoms with Crippen LogP contribution in [0.15, 0.2) is 78.4 Å². The first-order valence-corrected chi connectivity index (χ1v) is 8.30. The van der Waals surface area contributed by atoms with Gasteiger partial charge in [0.15, 0.2) is 0 Å². The van der Waals surface area contributed by atoms with Crippen molar-refractivity contribution in [1.82, 2.24) is 0 Å². The van der Waals surface area contributed by atoms with Crippen LogP contribution in [-0.2, 0) is 4.87 Å². The molecule has 1 aliphatic rings. The van der Waals surface area contributed by atoms with Crippen molar-refractivity contribution in [2.75, 3.05) is 7.11 Å². The molecular formula is C21H21ClO. The van der Waals surface area contributed by atoms with Gasteiger partial charge >= 0.3 is 0 Å². The van der Waals surface area contributed by atoms with Gasteiger partial charge in [0.2, 0.25) is 0 Å². The molecule has 0 spiro atoms. The first-order valence-electron chi connectivity index (χ1n) is 7.92. The van der Waals surface area contributed by atoms with E-state index in [4.69, 9.17) is 16.3 Å². The van der Waals surface area contributed by atoms with E-state index < -0.39 is 4.87 Å². The predicted octanol–water partition coefficient (Wildman–Crippen LogP) is 5.70. The number of benzene rings is 2. The van der Waals surface area contributed by atoms with Gasteiger partial charge in [0, 0.05) is 0 Å². The fraction of sp³-hybridized carbons (Fsp3) is 0.238. The van der Waals surface area contributed by atoms with E-state index in [1.807, 2.05) is 30.3 Å². The summed E-state index contributed by atoms with van der Waals surface area (Å²) in [6.07, 6.45) is 7.49. The van der Waals surface area contributed by atoms with E-state index in [1.165, 1.54) is 5.57 Å². The summed E-state index contributed by atoms with van der Waals surface area (Å²) in [5, 5.41) is 0. The fourth-order valence-corrected chi connectivity index (χ4v) is 3.69. The second-order valence-corrected chi connectivity index (χ2v) is 6.51. The highest BCUT2D eigenvalue weighted by atomic mass is 35.5. The second kappa shape index (κ2) is 6.64. The average molecular weight is 325 g/mol. The Morgan fingerprint density at radius 3 is 2.26 bits per heavy atom. The highest BCUT2D eigenvalue weighted by Crippen LogP contribution is 2.47. The lowest BCUT2D eigenvalue weighted by Crippen LogP contribution is -2.28. The zero-order chi connectivity index (χ0) is 16.3. The SMILES string of the molecule is COc1ccc(C(Cl)(C2=CC=CCC2C)c2ccccc2)cc1. The standard InChI is InChI=1S/C21H21ClO/c1-16-8-6-7-11-20(16)21(22,17-9-4-3-5-10-17)18-12-14-19(23-2)15-13-18/h3-7,9-16H,8H2,1-2H3. The number of ether oxygens (including phenoxy) is 1. The van der Waals surface area contributed by atoms with Gasteiger partial charge in [0.25, 0.3) is 0 Å². The van der Waals surface area contributed by atoms with E-state index in [-0.39, 0.29) is 0 Å². The molecule has 0 bridgehead atoms. The monoisotopic (exact) mass is 324 g/mol. The van der Waals surface area contributed by atoms with E-state index in [9.17, 15) is 0 Å². The van der Waals surface area contributed by atoms with Crippen molar-refractivity contribution < 1.29 is 4.74 Å².